The van der Waals surface area contributed by atoms with Gasteiger partial charge in [0, 0.05) is 6.08 Å². The maximum Gasteiger partial charge on any atom is 0.351 e. The first-order valence-electron chi connectivity index (χ1n) is 6.79. The van der Waals surface area contributed by atoms with E-state index in [4.69, 9.17) is 19.3 Å². The van der Waals surface area contributed by atoms with E-state index in [0.29, 0.717) is 19.4 Å². The van der Waals surface area contributed by atoms with E-state index in [1.54, 1.807) is 0 Å². The number of hydrogen-bond donors (Lipinski definition) is 1. The van der Waals surface area contributed by atoms with Crippen LogP contribution in [0.4, 0.5) is 0 Å². The number of aliphatic carboxylic acids is 1. The Kier molecular flexibility index (Phi) is 6.36. The zero-order valence-corrected chi connectivity index (χ0v) is 12.0. The van der Waals surface area contributed by atoms with Gasteiger partial charge in [0.05, 0.1) is 13.0 Å². The van der Waals surface area contributed by atoms with Gasteiger partial charge in [0.2, 0.25) is 5.60 Å². The molecule has 0 bridgehead atoms. The Bertz CT molecular complexity index is 414. The van der Waals surface area contributed by atoms with Crippen molar-refractivity contribution in [1.29, 1.82) is 0 Å². The fourth-order valence-corrected chi connectivity index (χ4v) is 1.80. The Morgan fingerprint density at radius 1 is 1.48 bits per heavy atom. The summed E-state index contributed by atoms with van der Waals surface area (Å²) in [6.07, 6.45) is 1.41. The fraction of sp³-hybridized carbons (Fsp3) is 0.643. The number of esters is 2. The van der Waals surface area contributed by atoms with Gasteiger partial charge in [-0.25, -0.2) is 9.59 Å². The van der Waals surface area contributed by atoms with Crippen LogP contribution in [-0.4, -0.2) is 47.9 Å². The minimum Gasteiger partial charge on any atom is -0.481 e. The van der Waals surface area contributed by atoms with Crippen LogP contribution in [0.2, 0.25) is 0 Å². The largest absolute Gasteiger partial charge is 0.481 e. The first-order valence-corrected chi connectivity index (χ1v) is 6.79. The molecule has 1 aliphatic rings. The molecule has 1 fully saturated rings. The maximum atomic E-state index is 12.2. The molecule has 2 unspecified atom stereocenters. The van der Waals surface area contributed by atoms with Crippen molar-refractivity contribution < 1.29 is 33.7 Å². The predicted molar refractivity (Wildman–Crippen MR) is 71.5 cm³/mol. The van der Waals surface area contributed by atoms with E-state index in [1.165, 1.54) is 0 Å². The third-order valence-electron chi connectivity index (χ3n) is 3.01. The number of rotatable bonds is 10. The number of carbonyl (C=O) groups excluding carboxylic acids is 2. The maximum absolute atomic E-state index is 12.2. The van der Waals surface area contributed by atoms with Gasteiger partial charge in [-0.05, 0) is 12.8 Å². The number of unbranched alkanes of at least 4 members (excludes halogenated alkanes) is 1. The second-order valence-corrected chi connectivity index (χ2v) is 4.85. The van der Waals surface area contributed by atoms with Gasteiger partial charge in [0.25, 0.3) is 0 Å². The smallest absolute Gasteiger partial charge is 0.351 e. The van der Waals surface area contributed by atoms with E-state index in [2.05, 4.69) is 6.58 Å². The number of carbonyl (C=O) groups is 3. The lowest BCUT2D eigenvalue weighted by atomic mass is 9.92. The first kappa shape index (κ1) is 17.2. The van der Waals surface area contributed by atoms with Crippen molar-refractivity contribution in [3.8, 4) is 0 Å². The van der Waals surface area contributed by atoms with Crippen molar-refractivity contribution in [2.45, 2.75) is 44.3 Å². The number of ether oxygens (including phenoxy) is 3. The van der Waals surface area contributed by atoms with Gasteiger partial charge < -0.3 is 19.3 Å². The summed E-state index contributed by atoms with van der Waals surface area (Å²) >= 11 is 0. The third kappa shape index (κ3) is 5.55. The molecule has 1 aliphatic heterocycles. The van der Waals surface area contributed by atoms with Gasteiger partial charge in [0.1, 0.15) is 12.7 Å². The van der Waals surface area contributed by atoms with Gasteiger partial charge in [0.15, 0.2) is 0 Å². The van der Waals surface area contributed by atoms with Gasteiger partial charge in [-0.1, -0.05) is 19.9 Å². The van der Waals surface area contributed by atoms with E-state index in [-0.39, 0.29) is 19.1 Å². The van der Waals surface area contributed by atoms with Crippen molar-refractivity contribution in [2.75, 3.05) is 13.2 Å². The molecule has 2 atom stereocenters. The van der Waals surface area contributed by atoms with Crippen molar-refractivity contribution in [3.63, 3.8) is 0 Å². The minimum absolute atomic E-state index is 0.0258. The lowest BCUT2D eigenvalue weighted by molar-refractivity contribution is -0.185. The average molecular weight is 300 g/mol. The van der Waals surface area contributed by atoms with E-state index in [1.807, 2.05) is 6.92 Å². The highest BCUT2D eigenvalue weighted by Gasteiger charge is 2.46. The molecule has 0 aromatic carbocycles. The lowest BCUT2D eigenvalue weighted by Gasteiger charge is -2.29. The van der Waals surface area contributed by atoms with Crippen LogP contribution in [0.25, 0.3) is 0 Å². The molecule has 1 N–H and O–H groups in total. The molecular formula is C14H20O7. The molecule has 1 heterocycles. The summed E-state index contributed by atoms with van der Waals surface area (Å²) in [5.74, 6) is -2.96. The normalized spacial score (nSPS) is 19.2. The summed E-state index contributed by atoms with van der Waals surface area (Å²) in [6.45, 7) is 5.66. The first-order chi connectivity index (χ1) is 9.93. The van der Waals surface area contributed by atoms with Crippen LogP contribution in [0.1, 0.15) is 32.6 Å². The summed E-state index contributed by atoms with van der Waals surface area (Å²) in [7, 11) is 0. The number of carboxylic acid groups (broad SMARTS) is 1. The number of epoxide rings is 1. The Balaban J connectivity index is 2.87. The Hall–Kier alpha value is -1.89. The van der Waals surface area contributed by atoms with Gasteiger partial charge in [-0.3, -0.25) is 4.79 Å². The molecule has 118 valence electrons. The predicted octanol–water partition coefficient (Wildman–Crippen LogP) is 1.06. The summed E-state index contributed by atoms with van der Waals surface area (Å²) in [4.78, 5) is 34.8. The van der Waals surface area contributed by atoms with Crippen LogP contribution in [0, 0.1) is 0 Å². The minimum atomic E-state index is -1.82. The zero-order valence-electron chi connectivity index (χ0n) is 12.0. The standard InChI is InChI=1S/C14H20O7/c1-3-5-6-14(7-11(15)16,21-12(17)4-2)13(18)20-9-10-8-19-10/h4,10H,2-3,5-9H2,1H3,(H,15,16). The molecule has 21 heavy (non-hydrogen) atoms. The van der Waals surface area contributed by atoms with Crippen LogP contribution in [0.15, 0.2) is 12.7 Å². The van der Waals surface area contributed by atoms with Crippen LogP contribution in [0.5, 0.6) is 0 Å². The van der Waals surface area contributed by atoms with Crippen LogP contribution in [0.3, 0.4) is 0 Å². The lowest BCUT2D eigenvalue weighted by Crippen LogP contribution is -2.46. The monoisotopic (exact) mass is 300 g/mol. The van der Waals surface area contributed by atoms with E-state index in [0.717, 1.165) is 6.08 Å². The molecular weight excluding hydrogens is 280 g/mol. The third-order valence-corrected chi connectivity index (χ3v) is 3.01. The second kappa shape index (κ2) is 7.78. The quantitative estimate of drug-likeness (QED) is 0.365. The van der Waals surface area contributed by atoms with Crippen molar-refractivity contribution in [1.82, 2.24) is 0 Å². The molecule has 0 aromatic heterocycles. The fourth-order valence-electron chi connectivity index (χ4n) is 1.80. The second-order valence-electron chi connectivity index (χ2n) is 4.85. The van der Waals surface area contributed by atoms with Gasteiger partial charge >= 0.3 is 17.9 Å². The van der Waals surface area contributed by atoms with Gasteiger partial charge in [-0.2, -0.15) is 0 Å². The highest BCUT2D eigenvalue weighted by Crippen LogP contribution is 2.27. The van der Waals surface area contributed by atoms with E-state index in [9.17, 15) is 14.4 Å². The van der Waals surface area contributed by atoms with Gasteiger partial charge in [-0.15, -0.1) is 0 Å². The number of hydrogen-bond acceptors (Lipinski definition) is 6. The molecule has 0 amide bonds. The summed E-state index contributed by atoms with van der Waals surface area (Å²) in [6, 6.07) is 0. The molecule has 7 heteroatoms. The van der Waals surface area contributed by atoms with Crippen molar-refractivity contribution in [2.24, 2.45) is 0 Å². The Labute approximate surface area is 122 Å². The van der Waals surface area contributed by atoms with Crippen LogP contribution in [-0.2, 0) is 28.6 Å². The molecule has 0 radical (unpaired) electrons. The average Bonchev–Trinajstić information content (AvgIpc) is 3.25. The summed E-state index contributed by atoms with van der Waals surface area (Å²) < 4.78 is 15.0. The van der Waals surface area contributed by atoms with Crippen LogP contribution >= 0.6 is 0 Å². The Morgan fingerprint density at radius 2 is 2.14 bits per heavy atom. The summed E-state index contributed by atoms with van der Waals surface area (Å²) in [5.41, 5.74) is -1.82. The topological polar surface area (TPSA) is 102 Å². The molecule has 1 rings (SSSR count). The van der Waals surface area contributed by atoms with E-state index < -0.39 is 29.9 Å². The van der Waals surface area contributed by atoms with Crippen molar-refractivity contribution >= 4 is 17.9 Å². The SMILES string of the molecule is C=CC(=O)OC(CCCC)(CC(=O)O)C(=O)OCC1CO1. The molecule has 1 saturated heterocycles. The molecule has 0 spiro atoms. The highest BCUT2D eigenvalue weighted by atomic mass is 16.6. The van der Waals surface area contributed by atoms with Crippen LogP contribution < -0.4 is 0 Å². The number of carboxylic acids is 1. The Morgan fingerprint density at radius 3 is 2.62 bits per heavy atom. The van der Waals surface area contributed by atoms with Crippen molar-refractivity contribution in [3.05, 3.63) is 12.7 Å². The van der Waals surface area contributed by atoms with E-state index >= 15 is 0 Å². The highest BCUT2D eigenvalue weighted by molar-refractivity contribution is 5.90. The molecule has 0 aromatic rings. The zero-order chi connectivity index (χ0) is 15.9. The molecule has 7 nitrogen and oxygen atoms in total. The molecule has 0 aliphatic carbocycles. The molecule has 0 saturated carbocycles. The summed E-state index contributed by atoms with van der Waals surface area (Å²) in [5, 5.41) is 9.02.